The van der Waals surface area contributed by atoms with Crippen molar-refractivity contribution in [3.63, 3.8) is 0 Å². The molecule has 0 aliphatic carbocycles. The summed E-state index contributed by atoms with van der Waals surface area (Å²) in [6, 6.07) is 9.64. The fraction of sp³-hybridized carbons (Fsp3) is 0.417. The Morgan fingerprint density at radius 3 is 2.69 bits per heavy atom. The standard InChI is InChI=1S/C24H27N9O2/c1-3-31-20-21(29-23(31)30-11-6-7-16(26)13-30)32(12-10-25)24(35)33(22(20)34)14-19-27-15(2)17-8-4-5-9-18(17)28-19/h4-5,8-9,16H,3,6-7,11-14,26H2,1-2H3. The zero-order valence-corrected chi connectivity index (χ0v) is 19.8. The van der Waals surface area contributed by atoms with E-state index in [1.807, 2.05) is 48.7 Å². The van der Waals surface area contributed by atoms with Crippen LogP contribution in [0.4, 0.5) is 5.95 Å². The predicted octanol–water partition coefficient (Wildman–Crippen LogP) is 1.13. The van der Waals surface area contributed by atoms with Crippen molar-refractivity contribution in [2.45, 2.75) is 52.4 Å². The van der Waals surface area contributed by atoms with Crippen molar-refractivity contribution < 1.29 is 0 Å². The quantitative estimate of drug-likeness (QED) is 0.455. The third-order valence-corrected chi connectivity index (χ3v) is 6.52. The zero-order valence-electron chi connectivity index (χ0n) is 19.8. The van der Waals surface area contributed by atoms with E-state index >= 15 is 0 Å². The van der Waals surface area contributed by atoms with Gasteiger partial charge in [0.25, 0.3) is 5.56 Å². The molecule has 1 aliphatic heterocycles. The van der Waals surface area contributed by atoms with Crippen LogP contribution in [0.1, 0.15) is 31.3 Å². The van der Waals surface area contributed by atoms with Crippen LogP contribution >= 0.6 is 0 Å². The van der Waals surface area contributed by atoms with Gasteiger partial charge in [0.2, 0.25) is 5.95 Å². The lowest BCUT2D eigenvalue weighted by Crippen LogP contribution is -2.44. The largest absolute Gasteiger partial charge is 0.341 e. The number of rotatable bonds is 5. The Kier molecular flexibility index (Phi) is 5.82. The Balaban J connectivity index is 1.71. The normalized spacial score (nSPS) is 16.2. The minimum atomic E-state index is -0.610. The maximum absolute atomic E-state index is 13.7. The van der Waals surface area contributed by atoms with E-state index in [9.17, 15) is 14.9 Å². The van der Waals surface area contributed by atoms with Gasteiger partial charge < -0.3 is 15.2 Å². The van der Waals surface area contributed by atoms with E-state index in [0.717, 1.165) is 40.6 Å². The molecule has 0 radical (unpaired) electrons. The summed E-state index contributed by atoms with van der Waals surface area (Å²) in [6.07, 6.45) is 1.85. The number of nitrogens with zero attached hydrogens (tertiary/aromatic N) is 8. The third kappa shape index (κ3) is 3.85. The molecule has 4 heterocycles. The Morgan fingerprint density at radius 1 is 1.14 bits per heavy atom. The van der Waals surface area contributed by atoms with Crippen LogP contribution in [0, 0.1) is 18.3 Å². The second kappa shape index (κ2) is 8.96. The van der Waals surface area contributed by atoms with Crippen LogP contribution < -0.4 is 21.9 Å². The monoisotopic (exact) mass is 473 g/mol. The molecule has 0 amide bonds. The third-order valence-electron chi connectivity index (χ3n) is 6.52. The number of nitrogens with two attached hydrogens (primary N) is 1. The molecule has 1 unspecified atom stereocenters. The second-order valence-electron chi connectivity index (χ2n) is 8.84. The lowest BCUT2D eigenvalue weighted by Gasteiger charge is -2.31. The summed E-state index contributed by atoms with van der Waals surface area (Å²) in [6.45, 7) is 5.31. The molecule has 1 atom stereocenters. The number of nitriles is 1. The lowest BCUT2D eigenvalue weighted by molar-refractivity contribution is 0.494. The Hall–Kier alpha value is -4.04. The van der Waals surface area contributed by atoms with Crippen molar-refractivity contribution in [1.29, 1.82) is 5.26 Å². The smallest absolute Gasteiger partial charge is 0.334 e. The molecular weight excluding hydrogens is 446 g/mol. The van der Waals surface area contributed by atoms with Gasteiger partial charge in [-0.05, 0) is 32.8 Å². The number of piperidine rings is 1. The van der Waals surface area contributed by atoms with E-state index in [1.165, 1.54) is 4.57 Å². The van der Waals surface area contributed by atoms with Crippen molar-refractivity contribution in [2.75, 3.05) is 18.0 Å². The van der Waals surface area contributed by atoms with Gasteiger partial charge in [-0.2, -0.15) is 10.2 Å². The van der Waals surface area contributed by atoms with Crippen LogP contribution in [0.25, 0.3) is 22.1 Å². The number of benzene rings is 1. The average molecular weight is 474 g/mol. The molecular formula is C24H27N9O2. The Labute approximate surface area is 201 Å². The topological polar surface area (TPSA) is 141 Å². The molecule has 1 saturated heterocycles. The highest BCUT2D eigenvalue weighted by Gasteiger charge is 2.26. The van der Waals surface area contributed by atoms with Gasteiger partial charge in [-0.25, -0.2) is 14.8 Å². The summed E-state index contributed by atoms with van der Waals surface area (Å²) in [5, 5.41) is 10.4. The van der Waals surface area contributed by atoms with Gasteiger partial charge in [0.1, 0.15) is 12.4 Å². The first-order chi connectivity index (χ1) is 16.9. The molecule has 4 aromatic rings. The van der Waals surface area contributed by atoms with E-state index in [0.29, 0.717) is 24.9 Å². The number of imidazole rings is 1. The summed E-state index contributed by atoms with van der Waals surface area (Å²) >= 11 is 0. The van der Waals surface area contributed by atoms with Gasteiger partial charge in [-0.3, -0.25) is 13.9 Å². The van der Waals surface area contributed by atoms with E-state index < -0.39 is 11.2 Å². The molecule has 11 heteroatoms. The summed E-state index contributed by atoms with van der Waals surface area (Å²) in [7, 11) is 0. The van der Waals surface area contributed by atoms with Gasteiger partial charge >= 0.3 is 5.69 Å². The first-order valence-corrected chi connectivity index (χ1v) is 11.8. The molecule has 35 heavy (non-hydrogen) atoms. The van der Waals surface area contributed by atoms with Gasteiger partial charge in [0.05, 0.1) is 18.1 Å². The number of fused-ring (bicyclic) bond motifs is 2. The Bertz CT molecular complexity index is 1590. The highest BCUT2D eigenvalue weighted by molar-refractivity contribution is 5.80. The molecule has 2 N–H and O–H groups in total. The summed E-state index contributed by atoms with van der Waals surface area (Å²) < 4.78 is 4.17. The molecule has 180 valence electrons. The van der Waals surface area contributed by atoms with Crippen LogP contribution in [-0.4, -0.2) is 47.8 Å². The van der Waals surface area contributed by atoms with Gasteiger partial charge in [-0.15, -0.1) is 0 Å². The van der Waals surface area contributed by atoms with E-state index in [-0.39, 0.29) is 30.3 Å². The number of hydrogen-bond donors (Lipinski definition) is 1. The SMILES string of the molecule is CCn1c(N2CCCC(N)C2)nc2c1c(=O)n(Cc1nc(C)c3ccccc3n1)c(=O)n2CC#N. The minimum absolute atomic E-state index is 0.0140. The van der Waals surface area contributed by atoms with Gasteiger partial charge in [0, 0.05) is 36.8 Å². The van der Waals surface area contributed by atoms with Crippen molar-refractivity contribution in [1.82, 2.24) is 28.7 Å². The number of anilines is 1. The van der Waals surface area contributed by atoms with E-state index in [4.69, 9.17) is 5.73 Å². The van der Waals surface area contributed by atoms with Crippen molar-refractivity contribution in [3.8, 4) is 6.07 Å². The molecule has 1 aromatic carbocycles. The highest BCUT2D eigenvalue weighted by atomic mass is 16.2. The second-order valence-corrected chi connectivity index (χ2v) is 8.84. The fourth-order valence-electron chi connectivity index (χ4n) is 4.87. The van der Waals surface area contributed by atoms with E-state index in [1.54, 1.807) is 0 Å². The number of aryl methyl sites for hydroxylation is 2. The number of hydrogen-bond acceptors (Lipinski definition) is 8. The summed E-state index contributed by atoms with van der Waals surface area (Å²) in [5.74, 6) is 0.949. The zero-order chi connectivity index (χ0) is 24.7. The first kappa shape index (κ1) is 22.7. The number of para-hydroxylation sites is 1. The van der Waals surface area contributed by atoms with Crippen LogP contribution in [0.15, 0.2) is 33.9 Å². The van der Waals surface area contributed by atoms with E-state index in [2.05, 4.69) is 19.9 Å². The molecule has 11 nitrogen and oxygen atoms in total. The van der Waals surface area contributed by atoms with Crippen molar-refractivity contribution in [3.05, 3.63) is 56.6 Å². The molecule has 3 aromatic heterocycles. The molecule has 0 saturated carbocycles. The summed E-state index contributed by atoms with van der Waals surface area (Å²) in [5.41, 5.74) is 7.10. The molecule has 0 bridgehead atoms. The van der Waals surface area contributed by atoms with Gasteiger partial charge in [-0.1, -0.05) is 18.2 Å². The predicted molar refractivity (Wildman–Crippen MR) is 132 cm³/mol. The van der Waals surface area contributed by atoms with Crippen LogP contribution in [0.5, 0.6) is 0 Å². The summed E-state index contributed by atoms with van der Waals surface area (Å²) in [4.78, 5) is 43.0. The highest BCUT2D eigenvalue weighted by Crippen LogP contribution is 2.23. The fourth-order valence-corrected chi connectivity index (χ4v) is 4.87. The molecule has 1 aliphatic rings. The van der Waals surface area contributed by atoms with Crippen molar-refractivity contribution in [2.24, 2.45) is 5.73 Å². The molecule has 5 rings (SSSR count). The molecule has 0 spiro atoms. The molecule has 1 fully saturated rings. The van der Waals surface area contributed by atoms with Crippen LogP contribution in [0.2, 0.25) is 0 Å². The lowest BCUT2D eigenvalue weighted by atomic mass is 10.1. The maximum atomic E-state index is 13.7. The van der Waals surface area contributed by atoms with Gasteiger partial charge in [0.15, 0.2) is 11.2 Å². The van der Waals surface area contributed by atoms with Crippen molar-refractivity contribution >= 4 is 28.0 Å². The maximum Gasteiger partial charge on any atom is 0.334 e. The first-order valence-electron chi connectivity index (χ1n) is 11.8. The van der Waals surface area contributed by atoms with Crippen LogP contribution in [-0.2, 0) is 19.6 Å². The minimum Gasteiger partial charge on any atom is -0.341 e. The number of aromatic nitrogens is 6. The average Bonchev–Trinajstić information content (AvgIpc) is 3.24. The Morgan fingerprint density at radius 2 is 1.94 bits per heavy atom. The van der Waals surface area contributed by atoms with Crippen LogP contribution in [0.3, 0.4) is 0 Å².